The van der Waals surface area contributed by atoms with E-state index in [0.29, 0.717) is 0 Å². The maximum absolute atomic E-state index is 11.7. The lowest BCUT2D eigenvalue weighted by Crippen LogP contribution is -2.40. The molecule has 18 heavy (non-hydrogen) atoms. The molecule has 1 saturated heterocycles. The third kappa shape index (κ3) is 3.58. The van der Waals surface area contributed by atoms with Crippen molar-refractivity contribution in [2.75, 3.05) is 13.2 Å². The van der Waals surface area contributed by atoms with Crippen molar-refractivity contribution in [1.82, 2.24) is 4.90 Å². The second-order valence-corrected chi connectivity index (χ2v) is 4.38. The predicted octanol–water partition coefficient (Wildman–Crippen LogP) is 1.06. The molecular formula is C12H17NO5. The van der Waals surface area contributed by atoms with Crippen molar-refractivity contribution in [2.24, 2.45) is 5.92 Å². The van der Waals surface area contributed by atoms with Crippen LogP contribution < -0.4 is 0 Å². The van der Waals surface area contributed by atoms with Gasteiger partial charge >= 0.3 is 12.1 Å². The Morgan fingerprint density at radius 3 is 2.67 bits per heavy atom. The van der Waals surface area contributed by atoms with Crippen LogP contribution in [0, 0.1) is 5.92 Å². The molecule has 0 aromatic rings. The number of hydrogen-bond acceptors (Lipinski definition) is 4. The van der Waals surface area contributed by atoms with E-state index in [4.69, 9.17) is 9.84 Å². The number of carboxylic acid groups (broad SMARTS) is 1. The van der Waals surface area contributed by atoms with Crippen LogP contribution in [-0.4, -0.2) is 47.0 Å². The lowest BCUT2D eigenvalue weighted by Gasteiger charge is -2.20. The SMILES string of the molecule is C=CCOC(=O)N1C[C@@H](CC(C)=O)C[C@H]1C(=O)O. The van der Waals surface area contributed by atoms with Crippen LogP contribution in [0.3, 0.4) is 0 Å². The van der Waals surface area contributed by atoms with E-state index in [9.17, 15) is 14.4 Å². The summed E-state index contributed by atoms with van der Waals surface area (Å²) >= 11 is 0. The number of ether oxygens (including phenoxy) is 1. The number of nitrogens with zero attached hydrogens (tertiary/aromatic N) is 1. The van der Waals surface area contributed by atoms with E-state index < -0.39 is 18.1 Å². The van der Waals surface area contributed by atoms with E-state index in [1.54, 1.807) is 0 Å². The molecule has 1 aliphatic heterocycles. The van der Waals surface area contributed by atoms with Crippen molar-refractivity contribution in [3.05, 3.63) is 12.7 Å². The van der Waals surface area contributed by atoms with Gasteiger partial charge in [0, 0.05) is 13.0 Å². The third-order valence-electron chi connectivity index (χ3n) is 2.81. The third-order valence-corrected chi connectivity index (χ3v) is 2.81. The quantitative estimate of drug-likeness (QED) is 0.743. The molecule has 0 unspecified atom stereocenters. The van der Waals surface area contributed by atoms with Gasteiger partial charge in [-0.25, -0.2) is 9.59 Å². The van der Waals surface area contributed by atoms with Crippen molar-refractivity contribution in [3.63, 3.8) is 0 Å². The van der Waals surface area contributed by atoms with Gasteiger partial charge in [-0.3, -0.25) is 4.90 Å². The van der Waals surface area contributed by atoms with Gasteiger partial charge in [0.05, 0.1) is 0 Å². The van der Waals surface area contributed by atoms with Gasteiger partial charge in [0.15, 0.2) is 0 Å². The van der Waals surface area contributed by atoms with E-state index in [1.807, 2.05) is 0 Å². The summed E-state index contributed by atoms with van der Waals surface area (Å²) < 4.78 is 4.83. The smallest absolute Gasteiger partial charge is 0.410 e. The van der Waals surface area contributed by atoms with Gasteiger partial charge in [0.1, 0.15) is 18.4 Å². The highest BCUT2D eigenvalue weighted by Gasteiger charge is 2.40. The normalized spacial score (nSPS) is 22.6. The molecular weight excluding hydrogens is 238 g/mol. The van der Waals surface area contributed by atoms with Crippen molar-refractivity contribution < 1.29 is 24.2 Å². The standard InChI is InChI=1S/C12H17NO5/c1-3-4-18-12(17)13-7-9(5-8(2)14)6-10(13)11(15)16/h3,9-10H,1,4-7H2,2H3,(H,15,16)/t9-,10-/m0/s1. The average Bonchev–Trinajstić information content (AvgIpc) is 2.69. The van der Waals surface area contributed by atoms with E-state index >= 15 is 0 Å². The molecule has 1 fully saturated rings. The van der Waals surface area contributed by atoms with E-state index in [0.717, 1.165) is 0 Å². The van der Waals surface area contributed by atoms with Gasteiger partial charge < -0.3 is 14.6 Å². The summed E-state index contributed by atoms with van der Waals surface area (Å²) in [6.07, 6.45) is 1.32. The molecule has 0 spiro atoms. The summed E-state index contributed by atoms with van der Waals surface area (Å²) in [6.45, 7) is 5.15. The molecule has 1 rings (SSSR count). The predicted molar refractivity (Wildman–Crippen MR) is 63.1 cm³/mol. The molecule has 0 aromatic carbocycles. The number of carbonyl (C=O) groups excluding carboxylic acids is 2. The molecule has 1 amide bonds. The maximum atomic E-state index is 11.7. The number of aliphatic carboxylic acids is 1. The summed E-state index contributed by atoms with van der Waals surface area (Å²) in [5, 5.41) is 9.06. The van der Waals surface area contributed by atoms with Crippen LogP contribution in [0.15, 0.2) is 12.7 Å². The van der Waals surface area contributed by atoms with E-state index in [2.05, 4.69) is 6.58 Å². The number of ketones is 1. The van der Waals surface area contributed by atoms with Gasteiger partial charge in [-0.2, -0.15) is 0 Å². The van der Waals surface area contributed by atoms with Crippen molar-refractivity contribution in [2.45, 2.75) is 25.8 Å². The van der Waals surface area contributed by atoms with Crippen LogP contribution in [0.4, 0.5) is 4.79 Å². The molecule has 0 aromatic heterocycles. The molecule has 0 radical (unpaired) electrons. The van der Waals surface area contributed by atoms with Gasteiger partial charge in [-0.15, -0.1) is 0 Å². The lowest BCUT2D eigenvalue weighted by molar-refractivity contribution is -0.141. The molecule has 0 saturated carbocycles. The lowest BCUT2D eigenvalue weighted by atomic mass is 10.00. The van der Waals surface area contributed by atoms with Gasteiger partial charge in [0.25, 0.3) is 0 Å². The molecule has 1 N–H and O–H groups in total. The summed E-state index contributed by atoms with van der Waals surface area (Å²) in [5.41, 5.74) is 0. The number of hydrogen-bond donors (Lipinski definition) is 1. The largest absolute Gasteiger partial charge is 0.480 e. The van der Waals surface area contributed by atoms with Crippen LogP contribution in [0.1, 0.15) is 19.8 Å². The number of carboxylic acids is 1. The molecule has 2 atom stereocenters. The molecule has 1 heterocycles. The monoisotopic (exact) mass is 255 g/mol. The fourth-order valence-corrected chi connectivity index (χ4v) is 2.13. The zero-order valence-electron chi connectivity index (χ0n) is 10.3. The first-order valence-corrected chi connectivity index (χ1v) is 5.72. The minimum absolute atomic E-state index is 0.00884. The number of Topliss-reactive ketones (excluding diaryl/α,β-unsaturated/α-hetero) is 1. The fourth-order valence-electron chi connectivity index (χ4n) is 2.13. The Labute approximate surface area is 105 Å². The molecule has 6 heteroatoms. The maximum Gasteiger partial charge on any atom is 0.410 e. The van der Waals surface area contributed by atoms with Crippen LogP contribution in [-0.2, 0) is 14.3 Å². The first-order chi connectivity index (χ1) is 8.45. The highest BCUT2D eigenvalue weighted by molar-refractivity contribution is 5.81. The summed E-state index contributed by atoms with van der Waals surface area (Å²) in [7, 11) is 0. The van der Waals surface area contributed by atoms with Crippen molar-refractivity contribution in [3.8, 4) is 0 Å². The highest BCUT2D eigenvalue weighted by Crippen LogP contribution is 2.26. The Balaban J connectivity index is 2.68. The number of amides is 1. The molecule has 0 bridgehead atoms. The van der Waals surface area contributed by atoms with Crippen LogP contribution in [0.5, 0.6) is 0 Å². The zero-order chi connectivity index (χ0) is 13.7. The Morgan fingerprint density at radius 2 is 2.17 bits per heavy atom. The summed E-state index contributed by atoms with van der Waals surface area (Å²) in [6, 6.07) is -0.910. The Kier molecular flexibility index (Phi) is 4.88. The van der Waals surface area contributed by atoms with E-state index in [-0.39, 0.29) is 37.7 Å². The second kappa shape index (κ2) is 6.18. The molecule has 1 aliphatic rings. The van der Waals surface area contributed by atoms with Crippen LogP contribution >= 0.6 is 0 Å². The molecule has 0 aliphatic carbocycles. The number of rotatable bonds is 5. The highest BCUT2D eigenvalue weighted by atomic mass is 16.6. The fraction of sp³-hybridized carbons (Fsp3) is 0.583. The number of likely N-dealkylation sites (tertiary alicyclic amines) is 1. The van der Waals surface area contributed by atoms with Gasteiger partial charge in [-0.05, 0) is 19.3 Å². The van der Waals surface area contributed by atoms with Crippen molar-refractivity contribution in [1.29, 1.82) is 0 Å². The molecule has 6 nitrogen and oxygen atoms in total. The topological polar surface area (TPSA) is 83.9 Å². The Morgan fingerprint density at radius 1 is 1.50 bits per heavy atom. The zero-order valence-corrected chi connectivity index (χ0v) is 10.3. The second-order valence-electron chi connectivity index (χ2n) is 4.38. The summed E-state index contributed by atoms with van der Waals surface area (Å²) in [4.78, 5) is 34.9. The van der Waals surface area contributed by atoms with Crippen LogP contribution in [0.25, 0.3) is 0 Å². The minimum Gasteiger partial charge on any atom is -0.480 e. The summed E-state index contributed by atoms with van der Waals surface area (Å²) in [5.74, 6) is -1.19. The van der Waals surface area contributed by atoms with Gasteiger partial charge in [-0.1, -0.05) is 12.7 Å². The molecule has 100 valence electrons. The van der Waals surface area contributed by atoms with Gasteiger partial charge in [0.2, 0.25) is 0 Å². The van der Waals surface area contributed by atoms with Crippen molar-refractivity contribution >= 4 is 17.8 Å². The first-order valence-electron chi connectivity index (χ1n) is 5.72. The van der Waals surface area contributed by atoms with Crippen LogP contribution in [0.2, 0.25) is 0 Å². The Bertz CT molecular complexity index is 365. The average molecular weight is 255 g/mol. The first kappa shape index (κ1) is 14.2. The Hall–Kier alpha value is -1.85. The number of carbonyl (C=O) groups is 3. The van der Waals surface area contributed by atoms with E-state index in [1.165, 1.54) is 17.9 Å². The minimum atomic E-state index is -1.07.